The Balaban J connectivity index is 1.93. The maximum absolute atomic E-state index is 5.47. The molecule has 0 aliphatic carbocycles. The molecule has 0 saturated heterocycles. The van der Waals surface area contributed by atoms with Crippen LogP contribution in [-0.2, 0) is 11.3 Å². The molecule has 1 aromatic heterocycles. The summed E-state index contributed by atoms with van der Waals surface area (Å²) in [4.78, 5) is 4.04. The number of hydrogen-bond acceptors (Lipinski definition) is 3. The van der Waals surface area contributed by atoms with Crippen LogP contribution in [0.4, 0.5) is 0 Å². The first-order valence-electron chi connectivity index (χ1n) is 5.17. The van der Waals surface area contributed by atoms with Crippen LogP contribution < -0.4 is 5.32 Å². The van der Waals surface area contributed by atoms with Crippen molar-refractivity contribution in [1.29, 1.82) is 0 Å². The Morgan fingerprint density at radius 2 is 2.33 bits per heavy atom. The van der Waals surface area contributed by atoms with Crippen LogP contribution in [0.15, 0.2) is 24.5 Å². The van der Waals surface area contributed by atoms with Gasteiger partial charge in [0.25, 0.3) is 0 Å². The van der Waals surface area contributed by atoms with Gasteiger partial charge in [0.15, 0.2) is 0 Å². The Morgan fingerprint density at radius 1 is 1.40 bits per heavy atom. The maximum atomic E-state index is 5.47. The van der Waals surface area contributed by atoms with Crippen LogP contribution in [0.3, 0.4) is 0 Å². The fourth-order valence-corrected chi connectivity index (χ4v) is 1.30. The molecule has 1 N–H and O–H groups in total. The van der Waals surface area contributed by atoms with Crippen molar-refractivity contribution in [3.63, 3.8) is 0 Å². The van der Waals surface area contributed by atoms with Crippen molar-refractivity contribution >= 4 is 11.6 Å². The SMILES string of the molecule is ClCCOCCCNCc1cccnc1. The lowest BCUT2D eigenvalue weighted by Crippen LogP contribution is -2.16. The van der Waals surface area contributed by atoms with E-state index in [2.05, 4.69) is 16.4 Å². The fraction of sp³-hybridized carbons (Fsp3) is 0.545. The van der Waals surface area contributed by atoms with Crippen LogP contribution in [0.1, 0.15) is 12.0 Å². The molecule has 0 bridgehead atoms. The summed E-state index contributed by atoms with van der Waals surface area (Å²) in [5.41, 5.74) is 1.21. The summed E-state index contributed by atoms with van der Waals surface area (Å²) in [6.07, 6.45) is 4.66. The minimum absolute atomic E-state index is 0.573. The highest BCUT2D eigenvalue weighted by molar-refractivity contribution is 6.17. The zero-order valence-corrected chi connectivity index (χ0v) is 9.54. The van der Waals surface area contributed by atoms with Gasteiger partial charge in [-0.25, -0.2) is 0 Å². The number of alkyl halides is 1. The van der Waals surface area contributed by atoms with E-state index in [-0.39, 0.29) is 0 Å². The second kappa shape index (κ2) is 8.65. The summed E-state index contributed by atoms with van der Waals surface area (Å²) in [6.45, 7) is 3.23. The molecule has 1 aromatic rings. The summed E-state index contributed by atoms with van der Waals surface area (Å²) >= 11 is 5.47. The molecule has 0 aliphatic heterocycles. The number of halogens is 1. The van der Waals surface area contributed by atoms with Gasteiger partial charge in [0.1, 0.15) is 0 Å². The van der Waals surface area contributed by atoms with Gasteiger partial charge in [-0.2, -0.15) is 0 Å². The van der Waals surface area contributed by atoms with Gasteiger partial charge in [0.05, 0.1) is 6.61 Å². The lowest BCUT2D eigenvalue weighted by Gasteiger charge is -2.04. The molecule has 1 rings (SSSR count). The number of aromatic nitrogens is 1. The van der Waals surface area contributed by atoms with E-state index >= 15 is 0 Å². The molecule has 0 aliphatic rings. The molecule has 0 spiro atoms. The topological polar surface area (TPSA) is 34.1 Å². The van der Waals surface area contributed by atoms with Gasteiger partial charge in [-0.05, 0) is 24.6 Å². The standard InChI is InChI=1S/C11H17ClN2O/c12-4-8-15-7-2-6-14-10-11-3-1-5-13-9-11/h1,3,5,9,14H,2,4,6-8,10H2. The van der Waals surface area contributed by atoms with Crippen molar-refractivity contribution < 1.29 is 4.74 Å². The number of hydrogen-bond donors (Lipinski definition) is 1. The van der Waals surface area contributed by atoms with Gasteiger partial charge >= 0.3 is 0 Å². The Kier molecular flexibility index (Phi) is 7.17. The quantitative estimate of drug-likeness (QED) is 0.545. The maximum Gasteiger partial charge on any atom is 0.0601 e. The van der Waals surface area contributed by atoms with E-state index in [0.29, 0.717) is 12.5 Å². The Morgan fingerprint density at radius 3 is 3.07 bits per heavy atom. The number of pyridine rings is 1. The van der Waals surface area contributed by atoms with Gasteiger partial charge < -0.3 is 10.1 Å². The average Bonchev–Trinajstić information content (AvgIpc) is 2.29. The van der Waals surface area contributed by atoms with Crippen LogP contribution in [0.25, 0.3) is 0 Å². The van der Waals surface area contributed by atoms with Crippen molar-refractivity contribution in [2.24, 2.45) is 0 Å². The molecular formula is C11H17ClN2O. The van der Waals surface area contributed by atoms with Crippen LogP contribution in [0, 0.1) is 0 Å². The molecule has 15 heavy (non-hydrogen) atoms. The zero-order valence-electron chi connectivity index (χ0n) is 8.79. The highest BCUT2D eigenvalue weighted by Gasteiger charge is 1.91. The first-order valence-corrected chi connectivity index (χ1v) is 5.70. The van der Waals surface area contributed by atoms with E-state index in [0.717, 1.165) is 26.1 Å². The van der Waals surface area contributed by atoms with Gasteiger partial charge in [0.2, 0.25) is 0 Å². The third-order valence-corrected chi connectivity index (χ3v) is 2.07. The number of nitrogens with one attached hydrogen (secondary N) is 1. The van der Waals surface area contributed by atoms with Crippen LogP contribution >= 0.6 is 11.6 Å². The molecule has 3 nitrogen and oxygen atoms in total. The minimum atomic E-state index is 0.573. The van der Waals surface area contributed by atoms with E-state index in [9.17, 15) is 0 Å². The van der Waals surface area contributed by atoms with Gasteiger partial charge in [0, 0.05) is 31.4 Å². The van der Waals surface area contributed by atoms with Gasteiger partial charge in [-0.3, -0.25) is 4.98 Å². The molecular weight excluding hydrogens is 212 g/mol. The zero-order chi connectivity index (χ0) is 10.8. The summed E-state index contributed by atoms with van der Waals surface area (Å²) in [7, 11) is 0. The Bertz CT molecular complexity index is 244. The highest BCUT2D eigenvalue weighted by atomic mass is 35.5. The molecule has 0 radical (unpaired) electrons. The van der Waals surface area contributed by atoms with E-state index in [1.54, 1.807) is 6.20 Å². The summed E-state index contributed by atoms with van der Waals surface area (Å²) in [6, 6.07) is 4.00. The second-order valence-electron chi connectivity index (χ2n) is 3.19. The van der Waals surface area contributed by atoms with Crippen molar-refractivity contribution in [3.8, 4) is 0 Å². The van der Waals surface area contributed by atoms with E-state index in [1.165, 1.54) is 5.56 Å². The van der Waals surface area contributed by atoms with Crippen molar-refractivity contribution in [2.45, 2.75) is 13.0 Å². The Labute approximate surface area is 95.8 Å². The fourth-order valence-electron chi connectivity index (χ4n) is 1.19. The molecule has 0 aromatic carbocycles. The third kappa shape index (κ3) is 6.44. The number of rotatable bonds is 8. The molecule has 84 valence electrons. The van der Waals surface area contributed by atoms with E-state index < -0.39 is 0 Å². The summed E-state index contributed by atoms with van der Waals surface area (Å²) < 4.78 is 5.25. The summed E-state index contributed by atoms with van der Waals surface area (Å²) in [5.74, 6) is 0.573. The minimum Gasteiger partial charge on any atom is -0.380 e. The second-order valence-corrected chi connectivity index (χ2v) is 3.57. The predicted molar refractivity (Wildman–Crippen MR) is 62.1 cm³/mol. The smallest absolute Gasteiger partial charge is 0.0601 e. The molecule has 0 amide bonds. The first-order chi connectivity index (χ1) is 7.43. The van der Waals surface area contributed by atoms with Crippen LogP contribution in [0.2, 0.25) is 0 Å². The van der Waals surface area contributed by atoms with E-state index in [1.807, 2.05) is 12.3 Å². The highest BCUT2D eigenvalue weighted by Crippen LogP contribution is 1.94. The molecule has 0 fully saturated rings. The third-order valence-electron chi connectivity index (χ3n) is 1.92. The van der Waals surface area contributed by atoms with Crippen LogP contribution in [-0.4, -0.2) is 30.6 Å². The lowest BCUT2D eigenvalue weighted by molar-refractivity contribution is 0.146. The molecule has 0 saturated carbocycles. The van der Waals surface area contributed by atoms with Gasteiger partial charge in [-0.1, -0.05) is 6.07 Å². The molecule has 1 heterocycles. The molecule has 0 unspecified atom stereocenters. The van der Waals surface area contributed by atoms with Crippen LogP contribution in [0.5, 0.6) is 0 Å². The van der Waals surface area contributed by atoms with Crippen molar-refractivity contribution in [3.05, 3.63) is 30.1 Å². The van der Waals surface area contributed by atoms with E-state index in [4.69, 9.17) is 16.3 Å². The van der Waals surface area contributed by atoms with Gasteiger partial charge in [-0.15, -0.1) is 11.6 Å². The monoisotopic (exact) mass is 228 g/mol. The first kappa shape index (κ1) is 12.4. The average molecular weight is 229 g/mol. The summed E-state index contributed by atoms with van der Waals surface area (Å²) in [5, 5.41) is 3.33. The molecule has 0 atom stereocenters. The lowest BCUT2D eigenvalue weighted by atomic mass is 10.3. The number of ether oxygens (including phenoxy) is 1. The van der Waals surface area contributed by atoms with Crippen molar-refractivity contribution in [1.82, 2.24) is 10.3 Å². The predicted octanol–water partition coefficient (Wildman–Crippen LogP) is 1.82. The van der Waals surface area contributed by atoms with Crippen molar-refractivity contribution in [2.75, 3.05) is 25.6 Å². The Hall–Kier alpha value is -0.640. The number of nitrogens with zero attached hydrogens (tertiary/aromatic N) is 1. The molecule has 4 heteroatoms. The normalized spacial score (nSPS) is 10.5. The largest absolute Gasteiger partial charge is 0.380 e.